The Morgan fingerprint density at radius 2 is 1.07 bits per heavy atom. The molecule has 1 aliphatic carbocycles. The van der Waals surface area contributed by atoms with Gasteiger partial charge in [-0.05, 0) is 95.6 Å². The van der Waals surface area contributed by atoms with Gasteiger partial charge >= 0.3 is 11.9 Å². The van der Waals surface area contributed by atoms with Crippen molar-refractivity contribution in [1.29, 1.82) is 0 Å². The molecule has 332 valence electrons. The van der Waals surface area contributed by atoms with Gasteiger partial charge in [0.15, 0.2) is 0 Å². The molecule has 6 nitrogen and oxygen atoms in total. The molecule has 0 radical (unpaired) electrons. The molecule has 6 heteroatoms. The summed E-state index contributed by atoms with van der Waals surface area (Å²) in [6, 6.07) is 0. The minimum atomic E-state index is -0.211. The SMILES string of the molecule is CCCCCCCCCC(=O)OCC(C)(C)CCCCCN(CCCO)CCCCCCC1(C(=O)OC(CCCCCCCC)CCCCCCCC)CCC1. The summed E-state index contributed by atoms with van der Waals surface area (Å²) in [5, 5.41) is 9.51. The van der Waals surface area contributed by atoms with Crippen LogP contribution in [0.15, 0.2) is 0 Å². The number of hydrogen-bond acceptors (Lipinski definition) is 6. The second kappa shape index (κ2) is 35.8. The van der Waals surface area contributed by atoms with Gasteiger partial charge in [-0.15, -0.1) is 0 Å². The van der Waals surface area contributed by atoms with Crippen molar-refractivity contribution < 1.29 is 24.2 Å². The minimum Gasteiger partial charge on any atom is -0.465 e. The lowest BCUT2D eigenvalue weighted by Crippen LogP contribution is -2.41. The Kier molecular flexibility index (Phi) is 33.8. The minimum absolute atomic E-state index is 0.0179. The van der Waals surface area contributed by atoms with Crippen LogP contribution in [-0.4, -0.2) is 60.9 Å². The normalized spacial score (nSPS) is 14.1. The van der Waals surface area contributed by atoms with E-state index >= 15 is 0 Å². The molecule has 0 aromatic heterocycles. The van der Waals surface area contributed by atoms with Crippen LogP contribution in [0.3, 0.4) is 0 Å². The number of carbonyl (C=O) groups excluding carboxylic acids is 2. The zero-order valence-corrected chi connectivity index (χ0v) is 38.4. The Balaban J connectivity index is 2.35. The molecule has 56 heavy (non-hydrogen) atoms. The summed E-state index contributed by atoms with van der Waals surface area (Å²) >= 11 is 0. The molecule has 0 amide bonds. The summed E-state index contributed by atoms with van der Waals surface area (Å²) in [6.45, 7) is 15.1. The number of carbonyl (C=O) groups is 2. The summed E-state index contributed by atoms with van der Waals surface area (Å²) < 4.78 is 12.1. The first-order valence-corrected chi connectivity index (χ1v) is 24.9. The molecule has 1 saturated carbocycles. The molecule has 0 aromatic rings. The van der Waals surface area contributed by atoms with Crippen molar-refractivity contribution in [3.05, 3.63) is 0 Å². The molecule has 0 unspecified atom stereocenters. The van der Waals surface area contributed by atoms with Gasteiger partial charge < -0.3 is 19.5 Å². The molecule has 0 saturated heterocycles. The molecule has 1 rings (SSSR count). The van der Waals surface area contributed by atoms with Crippen LogP contribution in [0.1, 0.15) is 259 Å². The topological polar surface area (TPSA) is 76.1 Å². The van der Waals surface area contributed by atoms with E-state index in [1.165, 1.54) is 148 Å². The third kappa shape index (κ3) is 28.3. The highest BCUT2D eigenvalue weighted by atomic mass is 16.5. The Labute approximate surface area is 349 Å². The number of aliphatic hydroxyl groups is 1. The van der Waals surface area contributed by atoms with E-state index in [-0.39, 0.29) is 35.5 Å². The summed E-state index contributed by atoms with van der Waals surface area (Å²) in [5.41, 5.74) is -0.193. The van der Waals surface area contributed by atoms with Crippen LogP contribution < -0.4 is 0 Å². The molecule has 0 spiro atoms. The average molecular weight is 792 g/mol. The number of hydrogen-bond donors (Lipinski definition) is 1. The lowest BCUT2D eigenvalue weighted by Gasteiger charge is -2.40. The quantitative estimate of drug-likeness (QED) is 0.0490. The lowest BCUT2D eigenvalue weighted by molar-refractivity contribution is -0.169. The van der Waals surface area contributed by atoms with Crippen LogP contribution in [0.25, 0.3) is 0 Å². The number of ether oxygens (including phenoxy) is 2. The van der Waals surface area contributed by atoms with Gasteiger partial charge in [-0.25, -0.2) is 0 Å². The molecule has 1 aliphatic rings. The lowest BCUT2D eigenvalue weighted by atomic mass is 9.66. The van der Waals surface area contributed by atoms with E-state index in [1.807, 2.05) is 0 Å². The summed E-state index contributed by atoms with van der Waals surface area (Å²) in [4.78, 5) is 28.5. The van der Waals surface area contributed by atoms with Crippen molar-refractivity contribution in [2.24, 2.45) is 10.8 Å². The highest BCUT2D eigenvalue weighted by Crippen LogP contribution is 2.47. The van der Waals surface area contributed by atoms with Crippen LogP contribution in [0.2, 0.25) is 0 Å². The largest absolute Gasteiger partial charge is 0.465 e. The van der Waals surface area contributed by atoms with Crippen LogP contribution in [0.4, 0.5) is 0 Å². The summed E-state index contributed by atoms with van der Waals surface area (Å²) in [6.07, 6.45) is 41.0. The monoisotopic (exact) mass is 792 g/mol. The Bertz CT molecular complexity index is 886. The molecule has 0 heterocycles. The third-order valence-electron chi connectivity index (χ3n) is 12.7. The first-order chi connectivity index (χ1) is 27.2. The zero-order valence-electron chi connectivity index (χ0n) is 38.4. The van der Waals surface area contributed by atoms with Gasteiger partial charge in [0.05, 0.1) is 12.0 Å². The first-order valence-electron chi connectivity index (χ1n) is 24.9. The maximum Gasteiger partial charge on any atom is 0.312 e. The van der Waals surface area contributed by atoms with Crippen molar-refractivity contribution >= 4 is 11.9 Å². The van der Waals surface area contributed by atoms with E-state index in [1.54, 1.807) is 0 Å². The van der Waals surface area contributed by atoms with Crippen molar-refractivity contribution in [2.45, 2.75) is 265 Å². The maximum absolute atomic E-state index is 13.7. The van der Waals surface area contributed by atoms with Gasteiger partial charge in [-0.1, -0.05) is 176 Å². The number of aliphatic hydroxyl groups excluding tert-OH is 1. The van der Waals surface area contributed by atoms with Crippen molar-refractivity contribution in [3.63, 3.8) is 0 Å². The standard InChI is InChI=1S/C50H97NO5/c1-6-9-12-15-18-21-27-36-47(53)55-45-49(4,5)37-28-24-31-42-51(43-33-44-52)41-30-23-22-29-38-50(39-32-40-50)48(54)56-46(34-25-19-16-13-10-7-2)35-26-20-17-14-11-8-3/h46,52H,6-45H2,1-5H3. The predicted octanol–water partition coefficient (Wildman–Crippen LogP) is 14.5. The van der Waals surface area contributed by atoms with E-state index in [0.29, 0.717) is 13.0 Å². The molecule has 0 aliphatic heterocycles. The van der Waals surface area contributed by atoms with Crippen LogP contribution in [0.5, 0.6) is 0 Å². The first kappa shape index (κ1) is 52.9. The third-order valence-corrected chi connectivity index (χ3v) is 12.7. The van der Waals surface area contributed by atoms with Gasteiger partial charge in [0.1, 0.15) is 6.10 Å². The summed E-state index contributed by atoms with van der Waals surface area (Å²) in [5.74, 6) is 0.0987. The number of nitrogens with zero attached hydrogens (tertiary/aromatic N) is 1. The number of unbranched alkanes of at least 4 members (excludes halogenated alkanes) is 21. The van der Waals surface area contributed by atoms with Crippen molar-refractivity contribution in [2.75, 3.05) is 32.8 Å². The number of rotatable bonds is 42. The van der Waals surface area contributed by atoms with E-state index in [9.17, 15) is 14.7 Å². The second-order valence-corrected chi connectivity index (χ2v) is 18.9. The molecular weight excluding hydrogens is 695 g/mol. The van der Waals surface area contributed by atoms with E-state index in [4.69, 9.17) is 9.47 Å². The highest BCUT2D eigenvalue weighted by molar-refractivity contribution is 5.78. The summed E-state index contributed by atoms with van der Waals surface area (Å²) in [7, 11) is 0. The molecule has 0 aromatic carbocycles. The predicted molar refractivity (Wildman–Crippen MR) is 239 cm³/mol. The fraction of sp³-hybridized carbons (Fsp3) is 0.960. The number of esters is 2. The molecule has 0 bridgehead atoms. The van der Waals surface area contributed by atoms with Crippen molar-refractivity contribution in [3.8, 4) is 0 Å². The second-order valence-electron chi connectivity index (χ2n) is 18.9. The van der Waals surface area contributed by atoms with Gasteiger partial charge in [0.2, 0.25) is 0 Å². The van der Waals surface area contributed by atoms with Gasteiger partial charge in [-0.3, -0.25) is 9.59 Å². The fourth-order valence-corrected chi connectivity index (χ4v) is 8.55. The Morgan fingerprint density at radius 1 is 0.607 bits per heavy atom. The van der Waals surface area contributed by atoms with E-state index in [2.05, 4.69) is 39.5 Å². The van der Waals surface area contributed by atoms with Gasteiger partial charge in [0.25, 0.3) is 0 Å². The van der Waals surface area contributed by atoms with Crippen LogP contribution in [-0.2, 0) is 19.1 Å². The van der Waals surface area contributed by atoms with E-state index < -0.39 is 0 Å². The molecular formula is C50H97NO5. The zero-order chi connectivity index (χ0) is 41.0. The highest BCUT2D eigenvalue weighted by Gasteiger charge is 2.45. The van der Waals surface area contributed by atoms with Gasteiger partial charge in [-0.2, -0.15) is 0 Å². The fourth-order valence-electron chi connectivity index (χ4n) is 8.55. The van der Waals surface area contributed by atoms with Gasteiger partial charge in [0, 0.05) is 19.6 Å². The van der Waals surface area contributed by atoms with E-state index in [0.717, 1.165) is 90.3 Å². The smallest absolute Gasteiger partial charge is 0.312 e. The molecule has 1 N–H and O–H groups in total. The van der Waals surface area contributed by atoms with Crippen LogP contribution >= 0.6 is 0 Å². The maximum atomic E-state index is 13.7. The Morgan fingerprint density at radius 3 is 1.59 bits per heavy atom. The van der Waals surface area contributed by atoms with Crippen LogP contribution in [0, 0.1) is 10.8 Å². The molecule has 1 fully saturated rings. The average Bonchev–Trinajstić information content (AvgIpc) is 3.16. The van der Waals surface area contributed by atoms with Crippen molar-refractivity contribution in [1.82, 2.24) is 4.90 Å². The molecule has 0 atom stereocenters. The Hall–Kier alpha value is -1.14.